The molecule has 1 saturated heterocycles. The Bertz CT molecular complexity index is 650. The highest BCUT2D eigenvalue weighted by Gasteiger charge is 2.29. The van der Waals surface area contributed by atoms with Gasteiger partial charge in [-0.3, -0.25) is 9.59 Å². The Kier molecular flexibility index (Phi) is 7.35. The second-order valence-electron chi connectivity index (χ2n) is 8.59. The van der Waals surface area contributed by atoms with E-state index in [1.54, 1.807) is 12.1 Å². The molecule has 2 amide bonds. The maximum absolute atomic E-state index is 12.8. The molecule has 5 nitrogen and oxygen atoms in total. The van der Waals surface area contributed by atoms with Crippen LogP contribution in [0, 0.1) is 11.8 Å². The molecule has 1 unspecified atom stereocenters. The number of rotatable bonds is 6. The molecule has 1 N–H and O–H groups in total. The van der Waals surface area contributed by atoms with Crippen molar-refractivity contribution >= 4 is 11.8 Å². The molecular formula is C23H34N2O3. The van der Waals surface area contributed by atoms with Gasteiger partial charge in [-0.1, -0.05) is 19.3 Å². The van der Waals surface area contributed by atoms with Gasteiger partial charge in [-0.15, -0.1) is 0 Å². The third kappa shape index (κ3) is 5.73. The van der Waals surface area contributed by atoms with Crippen molar-refractivity contribution in [2.24, 2.45) is 11.8 Å². The average Bonchev–Trinajstić information content (AvgIpc) is 2.72. The molecule has 1 aromatic rings. The minimum atomic E-state index is -0.0642. The normalized spacial score (nSPS) is 20.8. The second kappa shape index (κ2) is 9.94. The summed E-state index contributed by atoms with van der Waals surface area (Å²) in [5.41, 5.74) is 0.642. The first-order valence-electron chi connectivity index (χ1n) is 10.9. The van der Waals surface area contributed by atoms with Crippen LogP contribution in [0.1, 0.15) is 69.2 Å². The maximum Gasteiger partial charge on any atom is 0.251 e. The SMILES string of the molecule is CC(C)NC(=O)c1ccc(OCC2CCCN(C(=O)C3CCCCC3)C2)cc1. The Labute approximate surface area is 168 Å². The van der Waals surface area contributed by atoms with Crippen LogP contribution in [0.25, 0.3) is 0 Å². The Morgan fingerprint density at radius 1 is 1.07 bits per heavy atom. The highest BCUT2D eigenvalue weighted by molar-refractivity contribution is 5.94. The van der Waals surface area contributed by atoms with E-state index in [0.29, 0.717) is 24.0 Å². The van der Waals surface area contributed by atoms with E-state index < -0.39 is 0 Å². The van der Waals surface area contributed by atoms with E-state index in [1.807, 2.05) is 26.0 Å². The first kappa shape index (κ1) is 20.7. The second-order valence-corrected chi connectivity index (χ2v) is 8.59. The molecule has 2 aliphatic rings. The quantitative estimate of drug-likeness (QED) is 0.803. The summed E-state index contributed by atoms with van der Waals surface area (Å²) in [6.07, 6.45) is 7.95. The third-order valence-corrected chi connectivity index (χ3v) is 5.81. The molecule has 1 aromatic carbocycles. The largest absolute Gasteiger partial charge is 0.493 e. The van der Waals surface area contributed by atoms with Gasteiger partial charge in [0.05, 0.1) is 6.61 Å². The van der Waals surface area contributed by atoms with Crippen LogP contribution in [0.4, 0.5) is 0 Å². The van der Waals surface area contributed by atoms with Crippen LogP contribution in [-0.4, -0.2) is 42.5 Å². The Morgan fingerprint density at radius 2 is 1.79 bits per heavy atom. The highest BCUT2D eigenvalue weighted by Crippen LogP contribution is 2.28. The number of nitrogens with zero attached hydrogens (tertiary/aromatic N) is 1. The molecule has 3 rings (SSSR count). The molecule has 1 aliphatic heterocycles. The Morgan fingerprint density at radius 3 is 2.46 bits per heavy atom. The van der Waals surface area contributed by atoms with Crippen molar-refractivity contribution in [3.05, 3.63) is 29.8 Å². The predicted octanol–water partition coefficient (Wildman–Crippen LogP) is 4.02. The number of ether oxygens (including phenoxy) is 1. The van der Waals surface area contributed by atoms with Crippen molar-refractivity contribution < 1.29 is 14.3 Å². The first-order valence-corrected chi connectivity index (χ1v) is 10.9. The molecule has 0 bridgehead atoms. The van der Waals surface area contributed by atoms with E-state index in [4.69, 9.17) is 4.74 Å². The van der Waals surface area contributed by atoms with Gasteiger partial charge < -0.3 is 15.0 Å². The van der Waals surface area contributed by atoms with E-state index in [0.717, 1.165) is 44.5 Å². The van der Waals surface area contributed by atoms with Crippen molar-refractivity contribution in [2.45, 2.75) is 64.8 Å². The number of hydrogen-bond donors (Lipinski definition) is 1. The lowest BCUT2D eigenvalue weighted by molar-refractivity contribution is -0.138. The topological polar surface area (TPSA) is 58.6 Å². The fraction of sp³-hybridized carbons (Fsp3) is 0.652. The van der Waals surface area contributed by atoms with Gasteiger partial charge in [0.2, 0.25) is 5.91 Å². The number of nitrogens with one attached hydrogen (secondary N) is 1. The van der Waals surface area contributed by atoms with Gasteiger partial charge in [-0.05, 0) is 63.8 Å². The Hall–Kier alpha value is -2.04. The number of hydrogen-bond acceptors (Lipinski definition) is 3. The molecule has 1 saturated carbocycles. The highest BCUT2D eigenvalue weighted by atomic mass is 16.5. The molecule has 0 radical (unpaired) electrons. The fourth-order valence-corrected chi connectivity index (χ4v) is 4.27. The number of piperidine rings is 1. The molecule has 1 atom stereocenters. The van der Waals surface area contributed by atoms with Crippen LogP contribution < -0.4 is 10.1 Å². The van der Waals surface area contributed by atoms with Gasteiger partial charge in [0.1, 0.15) is 5.75 Å². The summed E-state index contributed by atoms with van der Waals surface area (Å²) in [6, 6.07) is 7.42. The predicted molar refractivity (Wildman–Crippen MR) is 110 cm³/mol. The summed E-state index contributed by atoms with van der Waals surface area (Å²) in [4.78, 5) is 26.9. The smallest absolute Gasteiger partial charge is 0.251 e. The standard InChI is InChI=1S/C23H34N2O3/c1-17(2)24-22(26)19-10-12-21(13-11-19)28-16-18-7-6-14-25(15-18)23(27)20-8-4-3-5-9-20/h10-13,17-18,20H,3-9,14-16H2,1-2H3,(H,24,26). The minimum Gasteiger partial charge on any atom is -0.493 e. The van der Waals surface area contributed by atoms with E-state index in [1.165, 1.54) is 19.3 Å². The summed E-state index contributed by atoms with van der Waals surface area (Å²) in [7, 11) is 0. The molecule has 1 aliphatic carbocycles. The van der Waals surface area contributed by atoms with Crippen LogP contribution in [0.3, 0.4) is 0 Å². The summed E-state index contributed by atoms with van der Waals surface area (Å²) >= 11 is 0. The maximum atomic E-state index is 12.8. The summed E-state index contributed by atoms with van der Waals surface area (Å²) < 4.78 is 5.97. The molecule has 154 valence electrons. The molecule has 5 heteroatoms. The molecule has 28 heavy (non-hydrogen) atoms. The van der Waals surface area contributed by atoms with Crippen molar-refractivity contribution in [3.63, 3.8) is 0 Å². The summed E-state index contributed by atoms with van der Waals surface area (Å²) in [5, 5.41) is 2.89. The number of likely N-dealkylation sites (tertiary alicyclic amines) is 1. The molecule has 1 heterocycles. The van der Waals surface area contributed by atoms with Gasteiger partial charge in [-0.25, -0.2) is 0 Å². The first-order chi connectivity index (χ1) is 13.5. The molecule has 0 spiro atoms. The number of carbonyl (C=O) groups is 2. The van der Waals surface area contributed by atoms with Gasteiger partial charge in [0.25, 0.3) is 5.91 Å². The molecule has 2 fully saturated rings. The van der Waals surface area contributed by atoms with Crippen LogP contribution in [-0.2, 0) is 4.79 Å². The lowest BCUT2D eigenvalue weighted by atomic mass is 9.87. The van der Waals surface area contributed by atoms with Crippen LogP contribution in [0.5, 0.6) is 5.75 Å². The lowest BCUT2D eigenvalue weighted by Gasteiger charge is -2.35. The zero-order valence-corrected chi connectivity index (χ0v) is 17.3. The van der Waals surface area contributed by atoms with Gasteiger partial charge >= 0.3 is 0 Å². The summed E-state index contributed by atoms with van der Waals surface area (Å²) in [5.74, 6) is 1.70. The lowest BCUT2D eigenvalue weighted by Crippen LogP contribution is -2.44. The van der Waals surface area contributed by atoms with Crippen LogP contribution >= 0.6 is 0 Å². The minimum absolute atomic E-state index is 0.0642. The molecule has 0 aromatic heterocycles. The third-order valence-electron chi connectivity index (χ3n) is 5.81. The van der Waals surface area contributed by atoms with Crippen molar-refractivity contribution in [1.29, 1.82) is 0 Å². The zero-order chi connectivity index (χ0) is 19.9. The monoisotopic (exact) mass is 386 g/mol. The van der Waals surface area contributed by atoms with E-state index in [9.17, 15) is 9.59 Å². The summed E-state index contributed by atoms with van der Waals surface area (Å²) in [6.45, 7) is 6.21. The number of carbonyl (C=O) groups excluding carboxylic acids is 2. The zero-order valence-electron chi connectivity index (χ0n) is 17.3. The van der Waals surface area contributed by atoms with Crippen molar-refractivity contribution in [3.8, 4) is 5.75 Å². The van der Waals surface area contributed by atoms with E-state index in [2.05, 4.69) is 10.2 Å². The van der Waals surface area contributed by atoms with Gasteiger partial charge in [0, 0.05) is 36.5 Å². The average molecular weight is 387 g/mol. The fourth-order valence-electron chi connectivity index (χ4n) is 4.27. The van der Waals surface area contributed by atoms with E-state index >= 15 is 0 Å². The van der Waals surface area contributed by atoms with Gasteiger partial charge in [-0.2, -0.15) is 0 Å². The van der Waals surface area contributed by atoms with Gasteiger partial charge in [0.15, 0.2) is 0 Å². The number of benzene rings is 1. The Balaban J connectivity index is 1.47. The molecular weight excluding hydrogens is 352 g/mol. The van der Waals surface area contributed by atoms with Crippen molar-refractivity contribution in [2.75, 3.05) is 19.7 Å². The van der Waals surface area contributed by atoms with Crippen LogP contribution in [0.15, 0.2) is 24.3 Å². The number of amides is 2. The van der Waals surface area contributed by atoms with Crippen LogP contribution in [0.2, 0.25) is 0 Å². The van der Waals surface area contributed by atoms with Crippen molar-refractivity contribution in [1.82, 2.24) is 10.2 Å². The van der Waals surface area contributed by atoms with E-state index in [-0.39, 0.29) is 17.9 Å².